The minimum Gasteiger partial charge on any atom is -0.394 e. The van der Waals surface area contributed by atoms with Gasteiger partial charge in [0.15, 0.2) is 0 Å². The van der Waals surface area contributed by atoms with Crippen molar-refractivity contribution in [1.82, 2.24) is 9.80 Å². The SMILES string of the molecule is OCCOCCN1CCN(CC(O)CN2c3ccccc3Sc3ccc(C(F)(F)F)cc32)CC1. The van der Waals surface area contributed by atoms with Gasteiger partial charge in [-0.2, -0.15) is 13.2 Å². The van der Waals surface area contributed by atoms with E-state index in [0.29, 0.717) is 25.4 Å². The molecule has 2 aliphatic rings. The number of rotatable bonds is 9. The molecule has 2 aliphatic heterocycles. The van der Waals surface area contributed by atoms with Gasteiger partial charge < -0.3 is 19.8 Å². The van der Waals surface area contributed by atoms with Crippen molar-refractivity contribution in [1.29, 1.82) is 0 Å². The zero-order valence-corrected chi connectivity index (χ0v) is 19.7. The summed E-state index contributed by atoms with van der Waals surface area (Å²) >= 11 is 1.45. The highest BCUT2D eigenvalue weighted by molar-refractivity contribution is 7.99. The topological polar surface area (TPSA) is 59.4 Å². The number of piperazine rings is 1. The summed E-state index contributed by atoms with van der Waals surface area (Å²) in [6.07, 6.45) is -5.15. The van der Waals surface area contributed by atoms with E-state index in [9.17, 15) is 18.3 Å². The lowest BCUT2D eigenvalue weighted by Gasteiger charge is -2.38. The van der Waals surface area contributed by atoms with Gasteiger partial charge in [0, 0.05) is 49.1 Å². The van der Waals surface area contributed by atoms with Gasteiger partial charge in [0.2, 0.25) is 0 Å². The maximum absolute atomic E-state index is 13.4. The van der Waals surface area contributed by atoms with Crippen LogP contribution in [-0.2, 0) is 10.9 Å². The van der Waals surface area contributed by atoms with Crippen LogP contribution in [0.1, 0.15) is 5.56 Å². The van der Waals surface area contributed by atoms with Crippen LogP contribution in [0.3, 0.4) is 0 Å². The summed E-state index contributed by atoms with van der Waals surface area (Å²) < 4.78 is 45.5. The number of hydrogen-bond donors (Lipinski definition) is 2. The molecule has 2 aromatic rings. The molecule has 1 fully saturated rings. The van der Waals surface area contributed by atoms with E-state index >= 15 is 0 Å². The predicted molar refractivity (Wildman–Crippen MR) is 126 cm³/mol. The van der Waals surface area contributed by atoms with E-state index in [4.69, 9.17) is 9.84 Å². The average Bonchev–Trinajstić information content (AvgIpc) is 2.82. The van der Waals surface area contributed by atoms with Gasteiger partial charge >= 0.3 is 6.18 Å². The number of halogens is 3. The lowest BCUT2D eigenvalue weighted by molar-refractivity contribution is -0.137. The van der Waals surface area contributed by atoms with Gasteiger partial charge in [-0.3, -0.25) is 9.80 Å². The van der Waals surface area contributed by atoms with Crippen molar-refractivity contribution in [3.05, 3.63) is 48.0 Å². The van der Waals surface area contributed by atoms with Gasteiger partial charge in [0.05, 0.1) is 49.4 Å². The summed E-state index contributed by atoms with van der Waals surface area (Å²) in [5, 5.41) is 19.7. The standard InChI is InChI=1S/C24H30F3N3O3S/c25-24(26,27)18-5-6-23-21(15-18)30(20-3-1-2-4-22(20)34-23)17-19(32)16-29-9-7-28(8-10-29)11-13-33-14-12-31/h1-6,15,19,31-32H,7-14,16-17H2. The number of fused-ring (bicyclic) bond motifs is 2. The number of alkyl halides is 3. The molecule has 2 N–H and O–H groups in total. The summed E-state index contributed by atoms with van der Waals surface area (Å²) in [6, 6.07) is 11.4. The van der Waals surface area contributed by atoms with Gasteiger partial charge in [-0.1, -0.05) is 23.9 Å². The maximum atomic E-state index is 13.4. The Labute approximate surface area is 201 Å². The van der Waals surface area contributed by atoms with Crippen molar-refractivity contribution in [2.45, 2.75) is 22.1 Å². The zero-order chi connectivity index (χ0) is 24.1. The predicted octanol–water partition coefficient (Wildman–Crippen LogP) is 3.30. The maximum Gasteiger partial charge on any atom is 0.416 e. The Morgan fingerprint density at radius 3 is 2.35 bits per heavy atom. The van der Waals surface area contributed by atoms with Crippen LogP contribution in [0, 0.1) is 0 Å². The molecule has 0 radical (unpaired) electrons. The first-order valence-electron chi connectivity index (χ1n) is 11.4. The molecule has 4 rings (SSSR count). The lowest BCUT2D eigenvalue weighted by Crippen LogP contribution is -2.50. The molecule has 2 aromatic carbocycles. The van der Waals surface area contributed by atoms with Crippen molar-refractivity contribution in [3.63, 3.8) is 0 Å². The number of β-amino-alcohol motifs (C(OH)–C–C–N with tert-alkyl or cyclic N) is 1. The highest BCUT2D eigenvalue weighted by atomic mass is 32.2. The highest BCUT2D eigenvalue weighted by Gasteiger charge is 2.34. The summed E-state index contributed by atoms with van der Waals surface area (Å²) in [7, 11) is 0. The number of nitrogens with zero attached hydrogens (tertiary/aromatic N) is 3. The van der Waals surface area contributed by atoms with Crippen LogP contribution in [-0.4, -0.2) is 91.8 Å². The third-order valence-corrected chi connectivity index (χ3v) is 7.20. The van der Waals surface area contributed by atoms with Crippen molar-refractivity contribution < 1.29 is 28.1 Å². The van der Waals surface area contributed by atoms with Crippen LogP contribution in [0.4, 0.5) is 24.5 Å². The molecule has 6 nitrogen and oxygen atoms in total. The molecule has 0 saturated carbocycles. The number of anilines is 2. The van der Waals surface area contributed by atoms with Gasteiger partial charge in [-0.05, 0) is 30.3 Å². The molecular weight excluding hydrogens is 467 g/mol. The Bertz CT molecular complexity index is 955. The van der Waals surface area contributed by atoms with Crippen LogP contribution in [0.25, 0.3) is 0 Å². The molecule has 2 heterocycles. The van der Waals surface area contributed by atoms with Crippen molar-refractivity contribution in [2.24, 2.45) is 0 Å². The third-order valence-electron chi connectivity index (χ3n) is 6.07. The summed E-state index contributed by atoms with van der Waals surface area (Å²) in [6.45, 7) is 5.73. The number of aliphatic hydroxyl groups is 2. The second-order valence-electron chi connectivity index (χ2n) is 8.49. The molecule has 186 valence electrons. The van der Waals surface area contributed by atoms with E-state index in [1.165, 1.54) is 23.9 Å². The number of hydrogen-bond acceptors (Lipinski definition) is 7. The first-order chi connectivity index (χ1) is 16.3. The molecule has 0 spiro atoms. The fraction of sp³-hybridized carbons (Fsp3) is 0.500. The molecule has 10 heteroatoms. The Morgan fingerprint density at radius 1 is 0.912 bits per heavy atom. The summed E-state index contributed by atoms with van der Waals surface area (Å²) in [5.41, 5.74) is 0.598. The van der Waals surface area contributed by atoms with E-state index in [2.05, 4.69) is 9.80 Å². The molecule has 1 atom stereocenters. The van der Waals surface area contributed by atoms with Gasteiger partial charge in [0.25, 0.3) is 0 Å². The van der Waals surface area contributed by atoms with Crippen LogP contribution >= 0.6 is 11.8 Å². The molecule has 1 saturated heterocycles. The fourth-order valence-electron chi connectivity index (χ4n) is 4.32. The monoisotopic (exact) mass is 497 g/mol. The largest absolute Gasteiger partial charge is 0.416 e. The van der Waals surface area contributed by atoms with E-state index < -0.39 is 17.8 Å². The molecule has 1 unspecified atom stereocenters. The van der Waals surface area contributed by atoms with Gasteiger partial charge in [-0.15, -0.1) is 0 Å². The van der Waals surface area contributed by atoms with Crippen LogP contribution < -0.4 is 4.90 Å². The fourth-order valence-corrected chi connectivity index (χ4v) is 5.40. The molecular formula is C24H30F3N3O3S. The average molecular weight is 498 g/mol. The minimum atomic E-state index is -4.43. The van der Waals surface area contributed by atoms with E-state index in [1.807, 2.05) is 29.2 Å². The first kappa shape index (κ1) is 25.3. The summed E-state index contributed by atoms with van der Waals surface area (Å²) in [4.78, 5) is 7.99. The molecule has 0 bridgehead atoms. The Morgan fingerprint density at radius 2 is 1.62 bits per heavy atom. The quantitative estimate of drug-likeness (QED) is 0.516. The van der Waals surface area contributed by atoms with Crippen LogP contribution in [0.2, 0.25) is 0 Å². The Hall–Kier alpha value is -1.82. The minimum absolute atomic E-state index is 0.0217. The normalized spacial score (nSPS) is 18.0. The number of aliphatic hydroxyl groups excluding tert-OH is 2. The van der Waals surface area contributed by atoms with Gasteiger partial charge in [0.1, 0.15) is 0 Å². The van der Waals surface area contributed by atoms with Gasteiger partial charge in [-0.25, -0.2) is 0 Å². The Kier molecular flexibility index (Phi) is 8.39. The van der Waals surface area contributed by atoms with Crippen molar-refractivity contribution in [3.8, 4) is 0 Å². The first-order valence-corrected chi connectivity index (χ1v) is 12.2. The second kappa shape index (κ2) is 11.3. The molecule has 0 amide bonds. The smallest absolute Gasteiger partial charge is 0.394 e. The number of benzene rings is 2. The number of ether oxygens (including phenoxy) is 1. The van der Waals surface area contributed by atoms with E-state index in [1.54, 1.807) is 0 Å². The van der Waals surface area contributed by atoms with Crippen molar-refractivity contribution in [2.75, 3.05) is 70.5 Å². The summed E-state index contributed by atoms with van der Waals surface area (Å²) in [5.74, 6) is 0. The molecule has 0 aromatic heterocycles. The molecule has 34 heavy (non-hydrogen) atoms. The molecule has 0 aliphatic carbocycles. The van der Waals surface area contributed by atoms with E-state index in [-0.39, 0.29) is 13.2 Å². The van der Waals surface area contributed by atoms with Crippen LogP contribution in [0.5, 0.6) is 0 Å². The Balaban J connectivity index is 1.40. The van der Waals surface area contributed by atoms with E-state index in [0.717, 1.165) is 54.3 Å². The van der Waals surface area contributed by atoms with Crippen molar-refractivity contribution >= 4 is 23.1 Å². The highest BCUT2D eigenvalue weighted by Crippen LogP contribution is 2.49. The third kappa shape index (κ3) is 6.24. The van der Waals surface area contributed by atoms with Crippen LogP contribution in [0.15, 0.2) is 52.3 Å². The zero-order valence-electron chi connectivity index (χ0n) is 18.9. The second-order valence-corrected chi connectivity index (χ2v) is 9.58. The lowest BCUT2D eigenvalue weighted by atomic mass is 10.1. The number of para-hydroxylation sites is 1.